The monoisotopic (exact) mass is 494 g/mol. The third-order valence-corrected chi connectivity index (χ3v) is 6.30. The van der Waals surface area contributed by atoms with Crippen molar-refractivity contribution in [2.45, 2.75) is 13.5 Å². The summed E-state index contributed by atoms with van der Waals surface area (Å²) in [5.74, 6) is -0.276. The molecular weight excluding hydrogens is 468 g/mol. The number of benzene rings is 3. The molecule has 0 spiro atoms. The van der Waals surface area contributed by atoms with Crippen LogP contribution in [-0.4, -0.2) is 48.5 Å². The van der Waals surface area contributed by atoms with Gasteiger partial charge in [0, 0.05) is 60.8 Å². The molecule has 1 N–H and O–H groups in total. The van der Waals surface area contributed by atoms with Gasteiger partial charge in [0.05, 0.1) is 11.5 Å². The lowest BCUT2D eigenvalue weighted by molar-refractivity contribution is -0.385. The summed E-state index contributed by atoms with van der Waals surface area (Å²) in [5.41, 5.74) is 2.80. The molecule has 35 heavy (non-hydrogen) atoms. The maximum Gasteiger partial charge on any atom is 0.311 e. The Morgan fingerprint density at radius 2 is 1.77 bits per heavy atom. The van der Waals surface area contributed by atoms with Crippen LogP contribution in [0.1, 0.15) is 22.8 Å². The van der Waals surface area contributed by atoms with Gasteiger partial charge >= 0.3 is 5.69 Å². The number of nitro benzene ring substituents is 1. The molecule has 1 heterocycles. The lowest BCUT2D eigenvalue weighted by atomic mass is 10.1. The zero-order valence-corrected chi connectivity index (χ0v) is 20.2. The number of piperazine rings is 1. The molecule has 1 aliphatic rings. The summed E-state index contributed by atoms with van der Waals surface area (Å²) in [6.07, 6.45) is 0. The molecule has 1 aliphatic heterocycles. The first-order valence-corrected chi connectivity index (χ1v) is 11.9. The molecule has 1 saturated heterocycles. The van der Waals surface area contributed by atoms with Crippen LogP contribution in [-0.2, 0) is 6.54 Å². The Kier molecular flexibility index (Phi) is 7.84. The molecule has 0 saturated carbocycles. The highest BCUT2D eigenvalue weighted by Crippen LogP contribution is 2.28. The number of nitro groups is 1. The van der Waals surface area contributed by atoms with E-state index in [2.05, 4.69) is 21.2 Å². The highest BCUT2D eigenvalue weighted by Gasteiger charge is 2.20. The molecule has 1 fully saturated rings. The van der Waals surface area contributed by atoms with Crippen LogP contribution in [0, 0.1) is 10.1 Å². The van der Waals surface area contributed by atoms with Gasteiger partial charge in [-0.25, -0.2) is 0 Å². The number of rotatable bonds is 8. The maximum atomic E-state index is 12.7. The number of ether oxygens (including phenoxy) is 1. The Morgan fingerprint density at radius 3 is 2.43 bits per heavy atom. The number of amides is 1. The molecular formula is C26H27ClN4O4. The van der Waals surface area contributed by atoms with Gasteiger partial charge < -0.3 is 15.0 Å². The molecule has 0 unspecified atom stereocenters. The summed E-state index contributed by atoms with van der Waals surface area (Å²) in [6.45, 7) is 6.53. The lowest BCUT2D eigenvalue weighted by Crippen LogP contribution is -2.46. The van der Waals surface area contributed by atoms with Crippen LogP contribution in [0.4, 0.5) is 17.1 Å². The van der Waals surface area contributed by atoms with Crippen LogP contribution in [0.5, 0.6) is 5.75 Å². The van der Waals surface area contributed by atoms with E-state index in [0.717, 1.165) is 49.0 Å². The van der Waals surface area contributed by atoms with E-state index in [9.17, 15) is 14.9 Å². The van der Waals surface area contributed by atoms with Crippen molar-refractivity contribution < 1.29 is 14.5 Å². The van der Waals surface area contributed by atoms with E-state index < -0.39 is 10.8 Å². The van der Waals surface area contributed by atoms with E-state index in [4.69, 9.17) is 16.3 Å². The molecule has 0 radical (unpaired) electrons. The van der Waals surface area contributed by atoms with Crippen molar-refractivity contribution in [3.63, 3.8) is 0 Å². The van der Waals surface area contributed by atoms with Gasteiger partial charge in [0.2, 0.25) is 0 Å². The average molecular weight is 495 g/mol. The number of halogens is 1. The first kappa shape index (κ1) is 24.5. The Bertz CT molecular complexity index is 1190. The number of nitrogens with one attached hydrogen (secondary N) is 1. The third kappa shape index (κ3) is 6.09. The van der Waals surface area contributed by atoms with Gasteiger partial charge in [-0.1, -0.05) is 29.8 Å². The maximum absolute atomic E-state index is 12.7. The second kappa shape index (κ2) is 11.2. The van der Waals surface area contributed by atoms with Crippen molar-refractivity contribution in [2.24, 2.45) is 0 Å². The van der Waals surface area contributed by atoms with Gasteiger partial charge in [0.1, 0.15) is 0 Å². The average Bonchev–Trinajstić information content (AvgIpc) is 2.87. The van der Waals surface area contributed by atoms with Crippen molar-refractivity contribution in [3.05, 3.63) is 93.0 Å². The summed E-state index contributed by atoms with van der Waals surface area (Å²) in [4.78, 5) is 28.1. The second-order valence-corrected chi connectivity index (χ2v) is 8.64. The topological polar surface area (TPSA) is 88.0 Å². The molecule has 9 heteroatoms. The van der Waals surface area contributed by atoms with Crippen LogP contribution in [0.15, 0.2) is 66.7 Å². The number of carbonyl (C=O) groups excluding carboxylic acids is 1. The van der Waals surface area contributed by atoms with Gasteiger partial charge in [0.25, 0.3) is 5.91 Å². The van der Waals surface area contributed by atoms with E-state index in [1.807, 2.05) is 42.5 Å². The minimum absolute atomic E-state index is 0.144. The second-order valence-electron chi connectivity index (χ2n) is 8.23. The van der Waals surface area contributed by atoms with E-state index >= 15 is 0 Å². The van der Waals surface area contributed by atoms with E-state index in [1.165, 1.54) is 18.2 Å². The normalized spacial score (nSPS) is 13.9. The lowest BCUT2D eigenvalue weighted by Gasteiger charge is -2.36. The molecule has 8 nitrogen and oxygen atoms in total. The quantitative estimate of drug-likeness (QED) is 0.341. The molecule has 0 bridgehead atoms. The zero-order chi connectivity index (χ0) is 24.8. The van der Waals surface area contributed by atoms with E-state index in [-0.39, 0.29) is 17.0 Å². The van der Waals surface area contributed by atoms with Crippen molar-refractivity contribution in [2.75, 3.05) is 43.0 Å². The Labute approximate surface area is 209 Å². The molecule has 3 aromatic carbocycles. The van der Waals surface area contributed by atoms with Gasteiger partial charge in [-0.05, 0) is 55.0 Å². The van der Waals surface area contributed by atoms with Crippen molar-refractivity contribution in [1.82, 2.24) is 4.90 Å². The van der Waals surface area contributed by atoms with Gasteiger partial charge in [-0.3, -0.25) is 19.8 Å². The summed E-state index contributed by atoms with van der Waals surface area (Å²) in [5, 5.41) is 14.9. The third-order valence-electron chi connectivity index (χ3n) is 5.93. The highest BCUT2D eigenvalue weighted by molar-refractivity contribution is 6.31. The Morgan fingerprint density at radius 1 is 1.06 bits per heavy atom. The van der Waals surface area contributed by atoms with Crippen molar-refractivity contribution in [3.8, 4) is 5.75 Å². The molecule has 4 rings (SSSR count). The Balaban J connectivity index is 1.34. The standard InChI is InChI=1S/C26H27ClN4O4/c1-2-35-25-12-7-19(17-24(25)31(33)34)26(32)28-21-8-10-22(11-9-21)30-15-13-29(14-16-30)18-20-5-3-4-6-23(20)27/h3-12,17H,2,13-16,18H2,1H3,(H,28,32). The SMILES string of the molecule is CCOc1ccc(C(=O)Nc2ccc(N3CCN(Cc4ccccc4Cl)CC3)cc2)cc1[N+](=O)[O-]. The minimum atomic E-state index is -0.551. The van der Waals surface area contributed by atoms with Crippen molar-refractivity contribution in [1.29, 1.82) is 0 Å². The molecule has 1 amide bonds. The highest BCUT2D eigenvalue weighted by atomic mass is 35.5. The Hall–Kier alpha value is -3.62. The zero-order valence-electron chi connectivity index (χ0n) is 19.4. The fourth-order valence-corrected chi connectivity index (χ4v) is 4.26. The number of hydrogen-bond donors (Lipinski definition) is 1. The van der Waals surface area contributed by atoms with Gasteiger partial charge in [0.15, 0.2) is 5.75 Å². The number of nitrogens with zero attached hydrogens (tertiary/aromatic N) is 3. The number of hydrogen-bond acceptors (Lipinski definition) is 6. The number of carbonyl (C=O) groups is 1. The minimum Gasteiger partial charge on any atom is -0.487 e. The molecule has 182 valence electrons. The van der Waals surface area contributed by atoms with Gasteiger partial charge in [-0.15, -0.1) is 0 Å². The predicted octanol–water partition coefficient (Wildman–Crippen LogP) is 5.22. The molecule has 0 aliphatic carbocycles. The molecule has 0 aromatic heterocycles. The molecule has 3 aromatic rings. The van der Waals surface area contributed by atoms with Gasteiger partial charge in [-0.2, -0.15) is 0 Å². The van der Waals surface area contributed by atoms with Crippen LogP contribution >= 0.6 is 11.6 Å². The molecule has 0 atom stereocenters. The largest absolute Gasteiger partial charge is 0.487 e. The van der Waals surface area contributed by atoms with Crippen LogP contribution in [0.2, 0.25) is 5.02 Å². The summed E-state index contributed by atoms with van der Waals surface area (Å²) >= 11 is 6.30. The smallest absolute Gasteiger partial charge is 0.311 e. The van der Waals surface area contributed by atoms with Crippen LogP contribution in [0.25, 0.3) is 0 Å². The fourth-order valence-electron chi connectivity index (χ4n) is 4.07. The fraction of sp³-hybridized carbons (Fsp3) is 0.269. The predicted molar refractivity (Wildman–Crippen MR) is 138 cm³/mol. The first-order chi connectivity index (χ1) is 16.9. The van der Waals surface area contributed by atoms with Crippen molar-refractivity contribution >= 4 is 34.6 Å². The summed E-state index contributed by atoms with van der Waals surface area (Å²) in [6, 6.07) is 19.8. The summed E-state index contributed by atoms with van der Waals surface area (Å²) in [7, 11) is 0. The van der Waals surface area contributed by atoms with E-state index in [0.29, 0.717) is 12.3 Å². The van der Waals surface area contributed by atoms with E-state index in [1.54, 1.807) is 6.92 Å². The van der Waals surface area contributed by atoms with Crippen LogP contribution < -0.4 is 15.0 Å². The van der Waals surface area contributed by atoms with Crippen LogP contribution in [0.3, 0.4) is 0 Å². The first-order valence-electron chi connectivity index (χ1n) is 11.5. The number of anilines is 2. The summed E-state index contributed by atoms with van der Waals surface area (Å²) < 4.78 is 5.28.